The third kappa shape index (κ3) is 4.05. The number of fused-ring (bicyclic) bond motifs is 3. The molecule has 1 aromatic heterocycles. The van der Waals surface area contributed by atoms with Crippen LogP contribution in [0.1, 0.15) is 60.2 Å². The minimum atomic E-state index is -0.517. The Balaban J connectivity index is 1.40. The molecule has 185 valence electrons. The van der Waals surface area contributed by atoms with Gasteiger partial charge in [0.25, 0.3) is 0 Å². The Morgan fingerprint density at radius 3 is 2.68 bits per heavy atom. The zero-order valence-corrected chi connectivity index (χ0v) is 22.0. The summed E-state index contributed by atoms with van der Waals surface area (Å²) in [6.45, 7) is 9.34. The molecule has 3 aliphatic heterocycles. The van der Waals surface area contributed by atoms with E-state index in [9.17, 15) is 4.79 Å². The van der Waals surface area contributed by atoms with Gasteiger partial charge in [-0.2, -0.15) is 0 Å². The molecule has 37 heavy (non-hydrogen) atoms. The van der Waals surface area contributed by atoms with Crippen LogP contribution in [0.3, 0.4) is 0 Å². The largest absolute Gasteiger partial charge is 0.372 e. The number of nitrogens with zero attached hydrogens (tertiary/aromatic N) is 4. The van der Waals surface area contributed by atoms with Crippen molar-refractivity contribution in [2.75, 3.05) is 5.32 Å². The quantitative estimate of drug-likeness (QED) is 0.481. The second-order valence-electron chi connectivity index (χ2n) is 9.77. The molecule has 1 atom stereocenters. The van der Waals surface area contributed by atoms with Crippen molar-refractivity contribution in [3.05, 3.63) is 91.9 Å². The van der Waals surface area contributed by atoms with E-state index in [2.05, 4.69) is 36.6 Å². The van der Waals surface area contributed by atoms with Gasteiger partial charge in [-0.05, 0) is 61.3 Å². The van der Waals surface area contributed by atoms with Crippen LogP contribution in [-0.2, 0) is 22.7 Å². The number of nitrogens with one attached hydrogen (secondary N) is 1. The number of benzene rings is 2. The van der Waals surface area contributed by atoms with Crippen LogP contribution in [0.5, 0.6) is 0 Å². The lowest BCUT2D eigenvalue weighted by Crippen LogP contribution is -2.19. The number of hydrogen-bond acceptors (Lipinski definition) is 5. The first-order valence-corrected chi connectivity index (χ1v) is 12.7. The topological polar surface area (TPSA) is 81.4 Å². The van der Waals surface area contributed by atoms with Crippen molar-refractivity contribution < 1.29 is 9.53 Å². The summed E-state index contributed by atoms with van der Waals surface area (Å²) in [5, 5.41) is 12.6. The van der Waals surface area contributed by atoms with Crippen molar-refractivity contribution in [1.29, 1.82) is 0 Å². The summed E-state index contributed by atoms with van der Waals surface area (Å²) in [5.41, 5.74) is 10.3. The van der Waals surface area contributed by atoms with E-state index < -0.39 is 6.04 Å². The van der Waals surface area contributed by atoms with Gasteiger partial charge in [0, 0.05) is 21.8 Å². The number of aromatic nitrogens is 3. The first kappa shape index (κ1) is 23.9. The summed E-state index contributed by atoms with van der Waals surface area (Å²) in [7, 11) is 2.15. The van der Waals surface area contributed by atoms with E-state index in [0.29, 0.717) is 24.1 Å². The molecule has 7 nitrogen and oxygen atoms in total. The van der Waals surface area contributed by atoms with Gasteiger partial charge in [0.15, 0.2) is 5.82 Å². The van der Waals surface area contributed by atoms with Crippen LogP contribution in [0.25, 0.3) is 5.60 Å². The van der Waals surface area contributed by atoms with Crippen LogP contribution in [0.2, 0.25) is 5.02 Å². The lowest BCUT2D eigenvalue weighted by molar-refractivity contribution is -0.116. The van der Waals surface area contributed by atoms with E-state index in [4.69, 9.17) is 21.3 Å². The number of halogens is 1. The Hall–Kier alpha value is -3.49. The van der Waals surface area contributed by atoms with E-state index in [1.165, 1.54) is 5.56 Å². The summed E-state index contributed by atoms with van der Waals surface area (Å²) in [6, 6.07) is 11.1. The number of ether oxygens (including phenoxy) is 1. The number of carbonyl (C=O) groups excluding carboxylic acids is 1. The number of hydrogen-bond donors (Lipinski definition) is 1. The highest BCUT2D eigenvalue weighted by Crippen LogP contribution is 2.39. The molecule has 4 heterocycles. The number of anilines is 1. The number of rotatable bonds is 4. The molecule has 0 spiro atoms. The maximum absolute atomic E-state index is 13.4. The number of amides is 1. The van der Waals surface area contributed by atoms with Crippen molar-refractivity contribution in [3.63, 3.8) is 0 Å². The summed E-state index contributed by atoms with van der Waals surface area (Å²) in [5.74, 6) is 1.28. The van der Waals surface area contributed by atoms with Crippen LogP contribution in [-0.4, -0.2) is 33.7 Å². The minimum Gasteiger partial charge on any atom is -0.372 e. The Bertz CT molecular complexity index is 1550. The van der Waals surface area contributed by atoms with Crippen molar-refractivity contribution >= 4 is 41.8 Å². The third-order valence-corrected chi connectivity index (χ3v) is 7.71. The number of aryl methyl sites for hydroxylation is 1. The maximum Gasteiger partial charge on any atom is 0.227 e. The van der Waals surface area contributed by atoms with Gasteiger partial charge < -0.3 is 10.1 Å². The molecule has 0 fully saturated rings. The van der Waals surface area contributed by atoms with Crippen LogP contribution < -0.4 is 5.32 Å². The predicted octanol–water partition coefficient (Wildman–Crippen LogP) is 5.33. The standard InChI is InChI=1S/C28H26BClN5O2/c1-14-16(3)29-27-25(14)26(18-5-8-20(30)9-6-18)32-23(28-34-33-17(4)35(27)28)11-24(36)31-22-10-7-19-12-37-13-21(19)15(22)2/h5-10,23H,11-13H2,1-4H3,(H,31,36)/t23-/m0/s1. The smallest absolute Gasteiger partial charge is 0.227 e. The van der Waals surface area contributed by atoms with Gasteiger partial charge in [-0.1, -0.05) is 47.8 Å². The highest BCUT2D eigenvalue weighted by molar-refractivity contribution is 6.69. The molecule has 3 aromatic rings. The number of aliphatic imine (C=N–C) groups is 1. The molecular formula is C28H26BClN5O2. The SMILES string of the molecule is CC1=C(C)C2=C([B]1)n1c(C)nnc1[C@H](CC(=O)Nc1ccc3c(c1C)COC3)N=C2c1ccc(Cl)cc1. The Morgan fingerprint density at radius 2 is 1.89 bits per heavy atom. The highest BCUT2D eigenvalue weighted by atomic mass is 35.5. The van der Waals surface area contributed by atoms with Crippen molar-refractivity contribution in [1.82, 2.24) is 14.8 Å². The summed E-state index contributed by atoms with van der Waals surface area (Å²) in [6.07, 6.45) is 0.130. The monoisotopic (exact) mass is 510 g/mol. The molecule has 9 heteroatoms. The highest BCUT2D eigenvalue weighted by Gasteiger charge is 2.35. The second kappa shape index (κ2) is 9.12. The molecule has 0 unspecified atom stereocenters. The molecule has 0 aliphatic carbocycles. The second-order valence-corrected chi connectivity index (χ2v) is 10.2. The van der Waals surface area contributed by atoms with Crippen LogP contribution >= 0.6 is 11.6 Å². The van der Waals surface area contributed by atoms with Crippen molar-refractivity contribution in [2.45, 2.75) is 53.4 Å². The van der Waals surface area contributed by atoms with E-state index in [1.54, 1.807) is 0 Å². The fourth-order valence-electron chi connectivity index (χ4n) is 5.31. The summed E-state index contributed by atoms with van der Waals surface area (Å²) < 4.78 is 7.62. The molecule has 1 radical (unpaired) electrons. The molecular weight excluding hydrogens is 485 g/mol. The van der Waals surface area contributed by atoms with Gasteiger partial charge in [0.05, 0.1) is 25.3 Å². The molecule has 1 amide bonds. The van der Waals surface area contributed by atoms with Gasteiger partial charge in [-0.3, -0.25) is 14.4 Å². The molecule has 1 N–H and O–H groups in total. The Labute approximate surface area is 221 Å². The van der Waals surface area contributed by atoms with Gasteiger partial charge in [0.1, 0.15) is 11.9 Å². The van der Waals surface area contributed by atoms with E-state index in [-0.39, 0.29) is 12.3 Å². The van der Waals surface area contributed by atoms with Crippen LogP contribution in [0.15, 0.2) is 58.0 Å². The molecule has 6 rings (SSSR count). The summed E-state index contributed by atoms with van der Waals surface area (Å²) in [4.78, 5) is 18.6. The minimum absolute atomic E-state index is 0.130. The van der Waals surface area contributed by atoms with Crippen LogP contribution in [0.4, 0.5) is 5.69 Å². The predicted molar refractivity (Wildman–Crippen MR) is 146 cm³/mol. The zero-order chi connectivity index (χ0) is 25.8. The fourth-order valence-corrected chi connectivity index (χ4v) is 5.43. The number of allylic oxidation sites excluding steroid dienone is 3. The molecule has 0 bridgehead atoms. The lowest BCUT2D eigenvalue weighted by atomic mass is 9.69. The maximum atomic E-state index is 13.4. The molecule has 0 saturated heterocycles. The summed E-state index contributed by atoms with van der Waals surface area (Å²) >= 11 is 6.19. The van der Waals surface area contributed by atoms with E-state index in [1.807, 2.05) is 54.8 Å². The molecule has 2 aromatic carbocycles. The van der Waals surface area contributed by atoms with Gasteiger partial charge >= 0.3 is 0 Å². The first-order valence-electron chi connectivity index (χ1n) is 12.3. The van der Waals surface area contributed by atoms with E-state index >= 15 is 0 Å². The number of carbonyl (C=O) groups is 1. The lowest BCUT2D eigenvalue weighted by Gasteiger charge is -2.16. The third-order valence-electron chi connectivity index (χ3n) is 7.46. The van der Waals surface area contributed by atoms with Gasteiger partial charge in [-0.25, -0.2) is 0 Å². The zero-order valence-electron chi connectivity index (χ0n) is 21.2. The van der Waals surface area contributed by atoms with Gasteiger partial charge in [-0.15, -0.1) is 10.2 Å². The normalized spacial score (nSPS) is 18.2. The Morgan fingerprint density at radius 1 is 1.11 bits per heavy atom. The van der Waals surface area contributed by atoms with Crippen LogP contribution in [0, 0.1) is 13.8 Å². The Kier molecular flexibility index (Phi) is 5.89. The van der Waals surface area contributed by atoms with Crippen molar-refractivity contribution in [3.8, 4) is 0 Å². The average Bonchev–Trinajstić information content (AvgIpc) is 3.55. The first-order chi connectivity index (χ1) is 17.8. The fraction of sp³-hybridized carbons (Fsp3) is 0.286. The van der Waals surface area contributed by atoms with Crippen molar-refractivity contribution in [2.24, 2.45) is 4.99 Å². The molecule has 0 saturated carbocycles. The van der Waals surface area contributed by atoms with E-state index in [0.717, 1.165) is 56.1 Å². The van der Waals surface area contributed by atoms with Gasteiger partial charge in [0.2, 0.25) is 13.2 Å². The molecule has 3 aliphatic rings. The average molecular weight is 511 g/mol.